The van der Waals surface area contributed by atoms with Crippen molar-refractivity contribution < 1.29 is 9.47 Å². The van der Waals surface area contributed by atoms with Crippen molar-refractivity contribution in [2.24, 2.45) is 0 Å². The lowest BCUT2D eigenvalue weighted by Crippen LogP contribution is -2.00. The average Bonchev–Trinajstić information content (AvgIpc) is 2.53. The van der Waals surface area contributed by atoms with Crippen molar-refractivity contribution in [2.75, 3.05) is 14.2 Å². The van der Waals surface area contributed by atoms with Gasteiger partial charge in [-0.2, -0.15) is 0 Å². The molecule has 0 aliphatic heterocycles. The van der Waals surface area contributed by atoms with E-state index in [2.05, 4.69) is 43.3 Å². The quantitative estimate of drug-likeness (QED) is 0.824. The molecule has 2 aromatic rings. The molecular weight excluding hydrogens is 260 g/mol. The van der Waals surface area contributed by atoms with E-state index in [0.29, 0.717) is 0 Å². The fraction of sp³-hybridized carbons (Fsp3) is 0.263. The van der Waals surface area contributed by atoms with E-state index in [-0.39, 0.29) is 0 Å². The van der Waals surface area contributed by atoms with Crippen LogP contribution in [-0.4, -0.2) is 14.2 Å². The van der Waals surface area contributed by atoms with Crippen LogP contribution in [0.3, 0.4) is 0 Å². The van der Waals surface area contributed by atoms with Gasteiger partial charge in [0.15, 0.2) is 0 Å². The Morgan fingerprint density at radius 2 is 1.76 bits per heavy atom. The molecule has 0 bridgehead atoms. The van der Waals surface area contributed by atoms with E-state index in [9.17, 15) is 0 Å². The third-order valence-electron chi connectivity index (χ3n) is 4.11. The first-order valence-corrected chi connectivity index (χ1v) is 7.24. The van der Waals surface area contributed by atoms with Gasteiger partial charge in [-0.3, -0.25) is 0 Å². The zero-order valence-electron chi connectivity index (χ0n) is 12.8. The summed E-state index contributed by atoms with van der Waals surface area (Å²) < 4.78 is 10.6. The van der Waals surface area contributed by atoms with E-state index in [4.69, 9.17) is 9.47 Å². The highest BCUT2D eigenvalue weighted by atomic mass is 16.5. The Kier molecular flexibility index (Phi) is 3.70. The standard InChI is InChI=1S/C19H20O2/c1-13-10-14(7-9-19(13)21-3)15-4-5-17-12-18(20-2)8-6-16(17)11-15/h6-12H,4-5H2,1-3H3. The minimum atomic E-state index is 0.936. The van der Waals surface area contributed by atoms with Gasteiger partial charge in [0.1, 0.15) is 11.5 Å². The number of ether oxygens (including phenoxy) is 2. The Hall–Kier alpha value is -2.22. The van der Waals surface area contributed by atoms with Crippen molar-refractivity contribution in [1.82, 2.24) is 0 Å². The first kappa shape index (κ1) is 13.7. The zero-order valence-corrected chi connectivity index (χ0v) is 12.8. The van der Waals surface area contributed by atoms with Gasteiger partial charge in [0, 0.05) is 0 Å². The molecule has 0 saturated carbocycles. The summed E-state index contributed by atoms with van der Waals surface area (Å²) in [6.07, 6.45) is 4.41. The van der Waals surface area contributed by atoms with E-state index in [1.165, 1.54) is 27.8 Å². The highest BCUT2D eigenvalue weighted by molar-refractivity contribution is 5.85. The number of rotatable bonds is 3. The van der Waals surface area contributed by atoms with Crippen LogP contribution in [0, 0.1) is 6.92 Å². The van der Waals surface area contributed by atoms with E-state index >= 15 is 0 Å². The van der Waals surface area contributed by atoms with Crippen molar-refractivity contribution in [3.05, 3.63) is 58.7 Å². The number of hydrogen-bond acceptors (Lipinski definition) is 2. The zero-order chi connectivity index (χ0) is 14.8. The molecule has 0 atom stereocenters. The molecule has 2 nitrogen and oxygen atoms in total. The molecule has 0 unspecified atom stereocenters. The van der Waals surface area contributed by atoms with Crippen LogP contribution in [-0.2, 0) is 6.42 Å². The van der Waals surface area contributed by atoms with Crippen molar-refractivity contribution in [1.29, 1.82) is 0 Å². The van der Waals surface area contributed by atoms with E-state index in [0.717, 1.165) is 24.3 Å². The van der Waals surface area contributed by atoms with E-state index in [1.807, 2.05) is 6.07 Å². The monoisotopic (exact) mass is 280 g/mol. The summed E-state index contributed by atoms with van der Waals surface area (Å²) in [6, 6.07) is 12.7. The van der Waals surface area contributed by atoms with Crippen LogP contribution >= 0.6 is 0 Å². The lowest BCUT2D eigenvalue weighted by atomic mass is 9.88. The molecule has 0 saturated heterocycles. The largest absolute Gasteiger partial charge is 0.497 e. The fourth-order valence-corrected chi connectivity index (χ4v) is 2.90. The van der Waals surface area contributed by atoms with Crippen LogP contribution in [0.5, 0.6) is 11.5 Å². The van der Waals surface area contributed by atoms with Crippen LogP contribution in [0.4, 0.5) is 0 Å². The molecule has 0 spiro atoms. The van der Waals surface area contributed by atoms with Gasteiger partial charge in [-0.15, -0.1) is 0 Å². The highest BCUT2D eigenvalue weighted by Crippen LogP contribution is 2.33. The number of hydrogen-bond donors (Lipinski definition) is 0. The van der Waals surface area contributed by atoms with Crippen LogP contribution in [0.15, 0.2) is 36.4 Å². The molecule has 0 radical (unpaired) electrons. The summed E-state index contributed by atoms with van der Waals surface area (Å²) in [4.78, 5) is 0. The number of aryl methyl sites for hydroxylation is 2. The average molecular weight is 280 g/mol. The third-order valence-corrected chi connectivity index (χ3v) is 4.11. The summed E-state index contributed by atoms with van der Waals surface area (Å²) in [5.41, 5.74) is 6.51. The highest BCUT2D eigenvalue weighted by Gasteiger charge is 2.13. The molecule has 2 aromatic carbocycles. The van der Waals surface area contributed by atoms with Crippen LogP contribution in [0.1, 0.15) is 28.7 Å². The van der Waals surface area contributed by atoms with Crippen LogP contribution in [0.2, 0.25) is 0 Å². The molecule has 2 heteroatoms. The Morgan fingerprint density at radius 1 is 0.905 bits per heavy atom. The lowest BCUT2D eigenvalue weighted by Gasteiger charge is -2.18. The molecular formula is C19H20O2. The number of methoxy groups -OCH3 is 2. The minimum Gasteiger partial charge on any atom is -0.497 e. The second kappa shape index (κ2) is 5.65. The van der Waals surface area contributed by atoms with Gasteiger partial charge in [-0.05, 0) is 71.9 Å². The summed E-state index contributed by atoms with van der Waals surface area (Å²) in [7, 11) is 3.43. The number of allylic oxidation sites excluding steroid dienone is 1. The van der Waals surface area contributed by atoms with Gasteiger partial charge in [-0.25, -0.2) is 0 Å². The predicted molar refractivity (Wildman–Crippen MR) is 86.9 cm³/mol. The van der Waals surface area contributed by atoms with Crippen molar-refractivity contribution in [2.45, 2.75) is 19.8 Å². The summed E-state index contributed by atoms with van der Waals surface area (Å²) in [5.74, 6) is 1.88. The molecule has 21 heavy (non-hydrogen) atoms. The molecule has 0 heterocycles. The normalized spacial score (nSPS) is 13.4. The molecule has 0 fully saturated rings. The minimum absolute atomic E-state index is 0.936. The third kappa shape index (κ3) is 2.66. The summed E-state index contributed by atoms with van der Waals surface area (Å²) in [5, 5.41) is 0. The molecule has 0 amide bonds. The maximum absolute atomic E-state index is 5.34. The van der Waals surface area contributed by atoms with Gasteiger partial charge >= 0.3 is 0 Å². The van der Waals surface area contributed by atoms with Gasteiger partial charge in [0.25, 0.3) is 0 Å². The van der Waals surface area contributed by atoms with E-state index in [1.54, 1.807) is 14.2 Å². The Morgan fingerprint density at radius 3 is 2.48 bits per heavy atom. The van der Waals surface area contributed by atoms with Gasteiger partial charge in [0.05, 0.1) is 14.2 Å². The van der Waals surface area contributed by atoms with E-state index < -0.39 is 0 Å². The predicted octanol–water partition coefficient (Wildman–Crippen LogP) is 4.50. The molecule has 0 aromatic heterocycles. The first-order chi connectivity index (χ1) is 10.2. The molecule has 0 N–H and O–H groups in total. The Labute approximate surface area is 126 Å². The van der Waals surface area contributed by atoms with Gasteiger partial charge in [-0.1, -0.05) is 18.2 Å². The Bertz CT molecular complexity index is 699. The van der Waals surface area contributed by atoms with Crippen molar-refractivity contribution in [3.8, 4) is 11.5 Å². The second-order valence-corrected chi connectivity index (χ2v) is 5.42. The molecule has 1 aliphatic carbocycles. The topological polar surface area (TPSA) is 18.5 Å². The summed E-state index contributed by atoms with van der Waals surface area (Å²) in [6.45, 7) is 2.09. The second-order valence-electron chi connectivity index (χ2n) is 5.42. The summed E-state index contributed by atoms with van der Waals surface area (Å²) >= 11 is 0. The molecule has 1 aliphatic rings. The molecule has 3 rings (SSSR count). The van der Waals surface area contributed by atoms with Crippen molar-refractivity contribution >= 4 is 11.6 Å². The SMILES string of the molecule is COc1ccc2c(c1)CCC(c1ccc(OC)c(C)c1)=C2. The first-order valence-electron chi connectivity index (χ1n) is 7.24. The van der Waals surface area contributed by atoms with Gasteiger partial charge < -0.3 is 9.47 Å². The van der Waals surface area contributed by atoms with Crippen molar-refractivity contribution in [3.63, 3.8) is 0 Å². The number of fused-ring (bicyclic) bond motifs is 1. The maximum Gasteiger partial charge on any atom is 0.121 e. The van der Waals surface area contributed by atoms with Gasteiger partial charge in [0.2, 0.25) is 0 Å². The fourth-order valence-electron chi connectivity index (χ4n) is 2.90. The number of benzene rings is 2. The smallest absolute Gasteiger partial charge is 0.121 e. The van der Waals surface area contributed by atoms with Crippen LogP contribution < -0.4 is 9.47 Å². The Balaban J connectivity index is 1.96. The maximum atomic E-state index is 5.34. The van der Waals surface area contributed by atoms with Crippen LogP contribution in [0.25, 0.3) is 11.6 Å². The lowest BCUT2D eigenvalue weighted by molar-refractivity contribution is 0.411. The molecule has 108 valence electrons.